The standard InChI is InChI=1S/C20H23N5O/c1-24-18-7-3-2-6-17(18)23-19(24)14-25-12-4-5-15(13-25)20(26)22-16-8-10-21-11-9-16/h2-3,6-11,15H,4-5,12-14H2,1H3,(H,21,22,26)/t15-/m0/s1. The molecule has 1 amide bonds. The average molecular weight is 349 g/mol. The number of aromatic nitrogens is 3. The fourth-order valence-corrected chi connectivity index (χ4v) is 3.63. The zero-order valence-corrected chi connectivity index (χ0v) is 14.9. The zero-order valence-electron chi connectivity index (χ0n) is 14.9. The predicted octanol–water partition coefficient (Wildman–Crippen LogP) is 2.82. The molecule has 0 spiro atoms. The van der Waals surface area contributed by atoms with Crippen molar-refractivity contribution in [3.63, 3.8) is 0 Å². The van der Waals surface area contributed by atoms with Gasteiger partial charge in [0.1, 0.15) is 5.82 Å². The van der Waals surface area contributed by atoms with Crippen LogP contribution in [0.1, 0.15) is 18.7 Å². The fourth-order valence-electron chi connectivity index (χ4n) is 3.63. The monoisotopic (exact) mass is 349 g/mol. The van der Waals surface area contributed by atoms with E-state index < -0.39 is 0 Å². The molecule has 3 aromatic rings. The van der Waals surface area contributed by atoms with Gasteiger partial charge in [-0.1, -0.05) is 12.1 Å². The van der Waals surface area contributed by atoms with E-state index in [1.165, 1.54) is 0 Å². The number of rotatable bonds is 4. The third-order valence-electron chi connectivity index (χ3n) is 5.07. The van der Waals surface area contributed by atoms with E-state index in [1.807, 2.05) is 30.3 Å². The number of nitrogens with one attached hydrogen (secondary N) is 1. The molecule has 1 N–H and O–H groups in total. The van der Waals surface area contributed by atoms with Crippen LogP contribution < -0.4 is 5.32 Å². The summed E-state index contributed by atoms with van der Waals surface area (Å²) in [6, 6.07) is 11.8. The number of nitrogens with zero attached hydrogens (tertiary/aromatic N) is 4. The Morgan fingerprint density at radius 2 is 2.04 bits per heavy atom. The quantitative estimate of drug-likeness (QED) is 0.787. The summed E-state index contributed by atoms with van der Waals surface area (Å²) in [5.74, 6) is 1.14. The van der Waals surface area contributed by atoms with Gasteiger partial charge in [0.15, 0.2) is 0 Å². The molecule has 4 rings (SSSR count). The minimum atomic E-state index is 0.00611. The Morgan fingerprint density at radius 1 is 1.23 bits per heavy atom. The molecule has 3 heterocycles. The molecule has 2 aromatic heterocycles. The maximum Gasteiger partial charge on any atom is 0.228 e. The summed E-state index contributed by atoms with van der Waals surface area (Å²) in [4.78, 5) is 23.7. The molecule has 0 unspecified atom stereocenters. The van der Waals surface area contributed by atoms with Gasteiger partial charge in [-0.25, -0.2) is 4.98 Å². The molecule has 1 aliphatic heterocycles. The molecule has 6 heteroatoms. The molecule has 0 bridgehead atoms. The van der Waals surface area contributed by atoms with Crippen molar-refractivity contribution in [2.75, 3.05) is 18.4 Å². The lowest BCUT2D eigenvalue weighted by Crippen LogP contribution is -2.40. The first-order chi connectivity index (χ1) is 12.7. The molecule has 1 aliphatic rings. The van der Waals surface area contributed by atoms with Gasteiger partial charge in [-0.3, -0.25) is 14.7 Å². The number of amides is 1. The number of carbonyl (C=O) groups excluding carboxylic acids is 1. The molecule has 1 aromatic carbocycles. The molecule has 0 radical (unpaired) electrons. The Balaban J connectivity index is 1.43. The number of aryl methyl sites for hydroxylation is 1. The first-order valence-corrected chi connectivity index (χ1v) is 9.04. The number of piperidine rings is 1. The number of imidazole rings is 1. The highest BCUT2D eigenvalue weighted by Gasteiger charge is 2.26. The second kappa shape index (κ2) is 7.25. The lowest BCUT2D eigenvalue weighted by atomic mass is 9.97. The highest BCUT2D eigenvalue weighted by molar-refractivity contribution is 5.92. The number of anilines is 1. The highest BCUT2D eigenvalue weighted by Crippen LogP contribution is 2.22. The maximum absolute atomic E-state index is 12.6. The number of hydrogen-bond acceptors (Lipinski definition) is 4. The smallest absolute Gasteiger partial charge is 0.228 e. The van der Waals surface area contributed by atoms with Crippen molar-refractivity contribution in [3.8, 4) is 0 Å². The van der Waals surface area contributed by atoms with E-state index in [1.54, 1.807) is 12.4 Å². The van der Waals surface area contributed by atoms with E-state index >= 15 is 0 Å². The van der Waals surface area contributed by atoms with E-state index in [9.17, 15) is 4.79 Å². The number of carbonyl (C=O) groups is 1. The third kappa shape index (κ3) is 3.46. The van der Waals surface area contributed by atoms with Crippen LogP contribution in [0.5, 0.6) is 0 Å². The Bertz CT molecular complexity index is 905. The van der Waals surface area contributed by atoms with Gasteiger partial charge in [0.05, 0.1) is 23.5 Å². The van der Waals surface area contributed by atoms with Gasteiger partial charge in [-0.15, -0.1) is 0 Å². The molecule has 26 heavy (non-hydrogen) atoms. The molecule has 1 saturated heterocycles. The minimum Gasteiger partial charge on any atom is -0.330 e. The lowest BCUT2D eigenvalue weighted by molar-refractivity contribution is -0.121. The van der Waals surface area contributed by atoms with Crippen molar-refractivity contribution < 1.29 is 4.79 Å². The molecule has 1 fully saturated rings. The molecule has 0 aliphatic carbocycles. The number of hydrogen-bond donors (Lipinski definition) is 1. The molecule has 6 nitrogen and oxygen atoms in total. The van der Waals surface area contributed by atoms with Crippen LogP contribution in [0.4, 0.5) is 5.69 Å². The molecular formula is C20H23N5O. The van der Waals surface area contributed by atoms with Crippen LogP contribution in [0.2, 0.25) is 0 Å². The summed E-state index contributed by atoms with van der Waals surface area (Å²) in [7, 11) is 2.06. The molecule has 1 atom stereocenters. The fraction of sp³-hybridized carbons (Fsp3) is 0.350. The van der Waals surface area contributed by atoms with Crippen molar-refractivity contribution >= 4 is 22.6 Å². The largest absolute Gasteiger partial charge is 0.330 e. The Morgan fingerprint density at radius 3 is 2.85 bits per heavy atom. The van der Waals surface area contributed by atoms with Gasteiger partial charge in [0, 0.05) is 31.7 Å². The van der Waals surface area contributed by atoms with Crippen LogP contribution in [0, 0.1) is 5.92 Å². The van der Waals surface area contributed by atoms with E-state index in [0.717, 1.165) is 55.0 Å². The molecule has 0 saturated carbocycles. The second-order valence-electron chi connectivity index (χ2n) is 6.88. The average Bonchev–Trinajstić information content (AvgIpc) is 2.99. The van der Waals surface area contributed by atoms with Crippen LogP contribution in [0.15, 0.2) is 48.8 Å². The molecule has 134 valence electrons. The number of likely N-dealkylation sites (tertiary alicyclic amines) is 1. The summed E-state index contributed by atoms with van der Waals surface area (Å²) in [6.07, 6.45) is 5.33. The highest BCUT2D eigenvalue weighted by atomic mass is 16.1. The Labute approximate surface area is 152 Å². The van der Waals surface area contributed by atoms with Crippen molar-refractivity contribution in [2.24, 2.45) is 13.0 Å². The second-order valence-corrected chi connectivity index (χ2v) is 6.88. The van der Waals surface area contributed by atoms with Crippen LogP contribution in [-0.4, -0.2) is 38.4 Å². The summed E-state index contributed by atoms with van der Waals surface area (Å²) in [5.41, 5.74) is 2.97. The summed E-state index contributed by atoms with van der Waals surface area (Å²) in [6.45, 7) is 2.53. The van der Waals surface area contributed by atoms with Crippen LogP contribution in [0.3, 0.4) is 0 Å². The Kier molecular flexibility index (Phi) is 4.67. The summed E-state index contributed by atoms with van der Waals surface area (Å²) >= 11 is 0. The van der Waals surface area contributed by atoms with Gasteiger partial charge >= 0.3 is 0 Å². The van der Waals surface area contributed by atoms with E-state index in [-0.39, 0.29) is 11.8 Å². The first-order valence-electron chi connectivity index (χ1n) is 9.04. The predicted molar refractivity (Wildman–Crippen MR) is 102 cm³/mol. The normalized spacial score (nSPS) is 18.1. The van der Waals surface area contributed by atoms with Crippen molar-refractivity contribution in [1.82, 2.24) is 19.4 Å². The molecular weight excluding hydrogens is 326 g/mol. The van der Waals surface area contributed by atoms with Crippen LogP contribution in [0.25, 0.3) is 11.0 Å². The van der Waals surface area contributed by atoms with Gasteiger partial charge in [-0.05, 0) is 43.7 Å². The SMILES string of the molecule is Cn1c(CN2CCC[C@H](C(=O)Nc3ccncc3)C2)nc2ccccc21. The van der Waals surface area contributed by atoms with Crippen molar-refractivity contribution in [3.05, 3.63) is 54.6 Å². The minimum absolute atomic E-state index is 0.00611. The summed E-state index contributed by atoms with van der Waals surface area (Å²) < 4.78 is 2.15. The van der Waals surface area contributed by atoms with E-state index in [4.69, 9.17) is 4.98 Å². The van der Waals surface area contributed by atoms with Crippen molar-refractivity contribution in [2.45, 2.75) is 19.4 Å². The van der Waals surface area contributed by atoms with Gasteiger partial charge in [0.25, 0.3) is 0 Å². The number of para-hydroxylation sites is 2. The first kappa shape index (κ1) is 16.7. The van der Waals surface area contributed by atoms with E-state index in [2.05, 4.69) is 32.9 Å². The zero-order chi connectivity index (χ0) is 17.9. The van der Waals surface area contributed by atoms with Crippen LogP contribution in [-0.2, 0) is 18.4 Å². The topological polar surface area (TPSA) is 63.1 Å². The number of pyridine rings is 1. The van der Waals surface area contributed by atoms with Crippen LogP contribution >= 0.6 is 0 Å². The number of benzene rings is 1. The summed E-state index contributed by atoms with van der Waals surface area (Å²) in [5, 5.41) is 3.00. The maximum atomic E-state index is 12.6. The van der Waals surface area contributed by atoms with Gasteiger partial charge < -0.3 is 9.88 Å². The Hall–Kier alpha value is -2.73. The van der Waals surface area contributed by atoms with Crippen molar-refractivity contribution in [1.29, 1.82) is 0 Å². The van der Waals surface area contributed by atoms with E-state index in [0.29, 0.717) is 0 Å². The number of fused-ring (bicyclic) bond motifs is 1. The lowest BCUT2D eigenvalue weighted by Gasteiger charge is -2.31. The third-order valence-corrected chi connectivity index (χ3v) is 5.07. The van der Waals surface area contributed by atoms with Gasteiger partial charge in [-0.2, -0.15) is 0 Å². The van der Waals surface area contributed by atoms with Gasteiger partial charge in [0.2, 0.25) is 5.91 Å².